The van der Waals surface area contributed by atoms with E-state index in [1.807, 2.05) is 6.92 Å². The van der Waals surface area contributed by atoms with E-state index in [1.165, 1.54) is 0 Å². The summed E-state index contributed by atoms with van der Waals surface area (Å²) in [6.07, 6.45) is 1.84. The summed E-state index contributed by atoms with van der Waals surface area (Å²) in [6, 6.07) is -0.279. The van der Waals surface area contributed by atoms with Gasteiger partial charge < -0.3 is 19.9 Å². The van der Waals surface area contributed by atoms with Gasteiger partial charge in [0, 0.05) is 5.92 Å². The highest BCUT2D eigenvalue weighted by atomic mass is 16.5. The smallest absolute Gasteiger partial charge is 0.240 e. The zero-order valence-electron chi connectivity index (χ0n) is 12.7. The zero-order chi connectivity index (χ0) is 14.9. The summed E-state index contributed by atoms with van der Waals surface area (Å²) in [5.74, 6) is 1.36. The number of methoxy groups -OCH3 is 2. The van der Waals surface area contributed by atoms with Crippen LogP contribution in [-0.2, 0) is 4.74 Å². The number of aromatic nitrogens is 2. The molecule has 2 rings (SSSR count). The Morgan fingerprint density at radius 3 is 2.40 bits per heavy atom. The van der Waals surface area contributed by atoms with E-state index < -0.39 is 0 Å². The third kappa shape index (κ3) is 2.58. The molecular formula is C14H23N3O3. The van der Waals surface area contributed by atoms with Crippen molar-refractivity contribution in [3.8, 4) is 11.8 Å². The van der Waals surface area contributed by atoms with Crippen molar-refractivity contribution in [1.82, 2.24) is 9.97 Å². The van der Waals surface area contributed by atoms with E-state index in [4.69, 9.17) is 19.9 Å². The van der Waals surface area contributed by atoms with Gasteiger partial charge in [0.2, 0.25) is 11.8 Å². The molecule has 5 unspecified atom stereocenters. The fourth-order valence-electron chi connectivity index (χ4n) is 2.94. The molecule has 0 radical (unpaired) electrons. The summed E-state index contributed by atoms with van der Waals surface area (Å²) in [5, 5.41) is 0. The monoisotopic (exact) mass is 281 g/mol. The molecule has 0 amide bonds. The van der Waals surface area contributed by atoms with E-state index in [9.17, 15) is 0 Å². The van der Waals surface area contributed by atoms with E-state index in [-0.39, 0.29) is 24.2 Å². The Kier molecular flexibility index (Phi) is 4.45. The van der Waals surface area contributed by atoms with Crippen LogP contribution in [0.3, 0.4) is 0 Å². The van der Waals surface area contributed by atoms with Gasteiger partial charge in [0.15, 0.2) is 0 Å². The SMILES string of the molecule is COc1cnc(C(N)C2C(C)OC(C)C2C)c(OC)n1. The van der Waals surface area contributed by atoms with Crippen LogP contribution >= 0.6 is 0 Å². The first-order chi connectivity index (χ1) is 9.49. The third-order valence-electron chi connectivity index (χ3n) is 4.20. The van der Waals surface area contributed by atoms with E-state index >= 15 is 0 Å². The number of nitrogens with two attached hydrogens (primary N) is 1. The summed E-state index contributed by atoms with van der Waals surface area (Å²) in [4.78, 5) is 8.61. The van der Waals surface area contributed by atoms with Crippen molar-refractivity contribution in [3.05, 3.63) is 11.9 Å². The maximum atomic E-state index is 6.41. The fourth-order valence-corrected chi connectivity index (χ4v) is 2.94. The Hall–Kier alpha value is -1.40. The van der Waals surface area contributed by atoms with Crippen LogP contribution < -0.4 is 15.2 Å². The molecule has 20 heavy (non-hydrogen) atoms. The van der Waals surface area contributed by atoms with Crippen molar-refractivity contribution in [2.45, 2.75) is 39.0 Å². The molecule has 1 aliphatic heterocycles. The van der Waals surface area contributed by atoms with Crippen molar-refractivity contribution >= 4 is 0 Å². The van der Waals surface area contributed by atoms with Gasteiger partial charge in [-0.1, -0.05) is 6.92 Å². The fraction of sp³-hybridized carbons (Fsp3) is 0.714. The van der Waals surface area contributed by atoms with Gasteiger partial charge in [0.1, 0.15) is 5.69 Å². The quantitative estimate of drug-likeness (QED) is 0.902. The molecule has 6 nitrogen and oxygen atoms in total. The Morgan fingerprint density at radius 1 is 1.20 bits per heavy atom. The highest BCUT2D eigenvalue weighted by molar-refractivity contribution is 5.26. The highest BCUT2D eigenvalue weighted by Crippen LogP contribution is 2.40. The van der Waals surface area contributed by atoms with Gasteiger partial charge in [-0.15, -0.1) is 0 Å². The average molecular weight is 281 g/mol. The van der Waals surface area contributed by atoms with Crippen LogP contribution in [0.5, 0.6) is 11.8 Å². The lowest BCUT2D eigenvalue weighted by Gasteiger charge is -2.25. The van der Waals surface area contributed by atoms with Crippen LogP contribution in [-0.4, -0.2) is 36.4 Å². The number of rotatable bonds is 4. The molecule has 0 aromatic carbocycles. The molecule has 1 aliphatic rings. The average Bonchev–Trinajstić information content (AvgIpc) is 2.70. The second-order valence-electron chi connectivity index (χ2n) is 5.32. The van der Waals surface area contributed by atoms with Gasteiger partial charge in [-0.05, 0) is 19.8 Å². The van der Waals surface area contributed by atoms with Gasteiger partial charge >= 0.3 is 0 Å². The number of ether oxygens (including phenoxy) is 3. The summed E-state index contributed by atoms with van der Waals surface area (Å²) >= 11 is 0. The largest absolute Gasteiger partial charge is 0.480 e. The van der Waals surface area contributed by atoms with Crippen LogP contribution in [0.25, 0.3) is 0 Å². The lowest BCUT2D eigenvalue weighted by molar-refractivity contribution is 0.0487. The third-order valence-corrected chi connectivity index (χ3v) is 4.20. The van der Waals surface area contributed by atoms with E-state index in [0.717, 1.165) is 0 Å². The van der Waals surface area contributed by atoms with Crippen LogP contribution in [0.15, 0.2) is 6.20 Å². The lowest BCUT2D eigenvalue weighted by Crippen LogP contribution is -2.31. The molecule has 2 heterocycles. The second kappa shape index (κ2) is 5.93. The first kappa shape index (κ1) is 15.0. The topological polar surface area (TPSA) is 79.5 Å². The molecule has 0 saturated carbocycles. The maximum absolute atomic E-state index is 6.41. The normalized spacial score (nSPS) is 31.1. The molecule has 112 valence electrons. The first-order valence-corrected chi connectivity index (χ1v) is 6.85. The van der Waals surface area contributed by atoms with Gasteiger partial charge in [0.25, 0.3) is 0 Å². The number of hydrogen-bond donors (Lipinski definition) is 1. The van der Waals surface area contributed by atoms with Gasteiger partial charge in [0.05, 0.1) is 38.7 Å². The molecule has 1 aromatic heterocycles. The predicted octanol–water partition coefficient (Wildman–Crippen LogP) is 1.55. The van der Waals surface area contributed by atoms with Crippen LogP contribution in [0.2, 0.25) is 0 Å². The van der Waals surface area contributed by atoms with E-state index in [2.05, 4.69) is 23.8 Å². The summed E-state index contributed by atoms with van der Waals surface area (Å²) in [5.41, 5.74) is 7.06. The van der Waals surface area contributed by atoms with E-state index in [0.29, 0.717) is 23.4 Å². The van der Waals surface area contributed by atoms with Gasteiger partial charge in [-0.3, -0.25) is 0 Å². The summed E-state index contributed by atoms with van der Waals surface area (Å²) < 4.78 is 16.2. The second-order valence-corrected chi connectivity index (χ2v) is 5.32. The molecule has 2 N–H and O–H groups in total. The van der Waals surface area contributed by atoms with Crippen molar-refractivity contribution in [2.75, 3.05) is 14.2 Å². The van der Waals surface area contributed by atoms with Gasteiger partial charge in [-0.2, -0.15) is 4.98 Å². The van der Waals surface area contributed by atoms with Crippen LogP contribution in [0.1, 0.15) is 32.5 Å². The molecule has 0 spiro atoms. The summed E-state index contributed by atoms with van der Waals surface area (Å²) in [6.45, 7) is 6.28. The van der Waals surface area contributed by atoms with Crippen molar-refractivity contribution in [1.29, 1.82) is 0 Å². The molecule has 1 fully saturated rings. The molecule has 6 heteroatoms. The molecule has 0 aliphatic carbocycles. The number of hydrogen-bond acceptors (Lipinski definition) is 6. The first-order valence-electron chi connectivity index (χ1n) is 6.85. The minimum Gasteiger partial charge on any atom is -0.480 e. The van der Waals surface area contributed by atoms with E-state index in [1.54, 1.807) is 20.4 Å². The maximum Gasteiger partial charge on any atom is 0.240 e. The molecule has 5 atom stereocenters. The Balaban J connectivity index is 2.31. The van der Waals surface area contributed by atoms with Crippen molar-refractivity contribution < 1.29 is 14.2 Å². The highest BCUT2D eigenvalue weighted by Gasteiger charge is 2.42. The molecular weight excluding hydrogens is 258 g/mol. The summed E-state index contributed by atoms with van der Waals surface area (Å²) in [7, 11) is 3.10. The minimum absolute atomic E-state index is 0.0867. The van der Waals surface area contributed by atoms with Crippen molar-refractivity contribution in [2.24, 2.45) is 17.6 Å². The zero-order valence-corrected chi connectivity index (χ0v) is 12.7. The van der Waals surface area contributed by atoms with Gasteiger partial charge in [-0.25, -0.2) is 4.98 Å². The minimum atomic E-state index is -0.279. The van der Waals surface area contributed by atoms with Crippen LogP contribution in [0, 0.1) is 11.8 Å². The molecule has 0 bridgehead atoms. The lowest BCUT2D eigenvalue weighted by atomic mass is 9.82. The van der Waals surface area contributed by atoms with Crippen molar-refractivity contribution in [3.63, 3.8) is 0 Å². The Labute approximate surface area is 119 Å². The van der Waals surface area contributed by atoms with Crippen LogP contribution in [0.4, 0.5) is 0 Å². The Morgan fingerprint density at radius 2 is 1.90 bits per heavy atom. The standard InChI is InChI=1S/C14H23N3O3/c1-7-8(2)20-9(3)11(7)12(15)13-14(19-5)17-10(18-4)6-16-13/h6-9,11-12H,15H2,1-5H3. The Bertz CT molecular complexity index is 469. The predicted molar refractivity (Wildman–Crippen MR) is 74.7 cm³/mol. The number of nitrogens with zero attached hydrogens (tertiary/aromatic N) is 2. The molecule has 1 saturated heterocycles. The molecule has 1 aromatic rings.